The van der Waals surface area contributed by atoms with Crippen LogP contribution in [-0.4, -0.2) is 34.4 Å². The fraction of sp³-hybridized carbons (Fsp3) is 0.176. The maximum atomic E-state index is 11.7. The van der Waals surface area contributed by atoms with Crippen LogP contribution in [0, 0.1) is 0 Å². The van der Waals surface area contributed by atoms with E-state index >= 15 is 0 Å². The molecule has 0 radical (unpaired) electrons. The number of halogens is 1. The van der Waals surface area contributed by atoms with Crippen molar-refractivity contribution in [2.45, 2.75) is 13.2 Å². The molecule has 0 bridgehead atoms. The molecular weight excluding hydrogens is 330 g/mol. The third-order valence-corrected chi connectivity index (χ3v) is 4.19. The summed E-state index contributed by atoms with van der Waals surface area (Å²) in [7, 11) is 0. The van der Waals surface area contributed by atoms with E-state index in [0.29, 0.717) is 34.9 Å². The van der Waals surface area contributed by atoms with Crippen molar-refractivity contribution >= 4 is 35.1 Å². The van der Waals surface area contributed by atoms with Crippen LogP contribution in [0.3, 0.4) is 0 Å². The molecule has 0 aliphatic carbocycles. The summed E-state index contributed by atoms with van der Waals surface area (Å²) in [5, 5.41) is 21.9. The molecule has 0 saturated heterocycles. The van der Waals surface area contributed by atoms with E-state index in [-0.39, 0.29) is 11.5 Å². The Balaban J connectivity index is 2.20. The van der Waals surface area contributed by atoms with E-state index in [2.05, 4.69) is 4.98 Å². The molecule has 1 aromatic carbocycles. The Morgan fingerprint density at radius 3 is 2.67 bits per heavy atom. The van der Waals surface area contributed by atoms with Gasteiger partial charge in [0.05, 0.1) is 11.4 Å². The topological polar surface area (TPSA) is 76.9 Å². The van der Waals surface area contributed by atoms with Gasteiger partial charge in [-0.25, -0.2) is 0 Å². The Bertz CT molecular complexity index is 795. The maximum Gasteiger partial charge on any atom is 0.218 e. The Morgan fingerprint density at radius 2 is 2.04 bits per heavy atom. The highest BCUT2D eigenvalue weighted by molar-refractivity contribution is 6.31. The fourth-order valence-corrected chi connectivity index (χ4v) is 2.99. The number of hydrogen-bond acceptors (Lipinski definition) is 5. The highest BCUT2D eigenvalue weighted by Crippen LogP contribution is 2.39. The minimum atomic E-state index is -1.20. The van der Waals surface area contributed by atoms with Gasteiger partial charge in [-0.2, -0.15) is 0 Å². The molecule has 124 valence electrons. The second-order valence-electron chi connectivity index (χ2n) is 5.24. The summed E-state index contributed by atoms with van der Waals surface area (Å²) < 4.78 is 0. The van der Waals surface area contributed by atoms with Crippen molar-refractivity contribution < 1.29 is 15.0 Å². The summed E-state index contributed by atoms with van der Waals surface area (Å²) >= 11 is 6.04. The van der Waals surface area contributed by atoms with Gasteiger partial charge >= 0.3 is 0 Å². The number of hydrogen-bond donors (Lipinski definition) is 2. The van der Waals surface area contributed by atoms with Crippen LogP contribution in [0.25, 0.3) is 5.76 Å². The first-order valence-electron chi connectivity index (χ1n) is 7.40. The summed E-state index contributed by atoms with van der Waals surface area (Å²) in [5.41, 5.74) is 1.70. The van der Waals surface area contributed by atoms with Gasteiger partial charge in [0.15, 0.2) is 6.23 Å². The van der Waals surface area contributed by atoms with Crippen molar-refractivity contribution in [3.8, 4) is 0 Å². The van der Waals surface area contributed by atoms with Gasteiger partial charge in [-0.15, -0.1) is 0 Å². The lowest BCUT2D eigenvalue weighted by atomic mass is 10.0. The molecule has 1 atom stereocenters. The van der Waals surface area contributed by atoms with E-state index in [9.17, 15) is 15.0 Å². The predicted molar refractivity (Wildman–Crippen MR) is 92.8 cm³/mol. The van der Waals surface area contributed by atoms with Crippen molar-refractivity contribution in [2.24, 2.45) is 0 Å². The average Bonchev–Trinajstić information content (AvgIpc) is 2.59. The highest BCUT2D eigenvalue weighted by atomic mass is 35.5. The second-order valence-corrected chi connectivity index (χ2v) is 5.67. The van der Waals surface area contributed by atoms with E-state index in [1.165, 1.54) is 17.3 Å². The maximum absolute atomic E-state index is 11.7. The van der Waals surface area contributed by atoms with Crippen molar-refractivity contribution in [1.29, 1.82) is 0 Å². The molecule has 1 aliphatic heterocycles. The molecule has 7 heteroatoms. The molecule has 0 saturated carbocycles. The molecule has 6 nitrogen and oxygen atoms in total. The van der Waals surface area contributed by atoms with Crippen molar-refractivity contribution in [3.63, 3.8) is 0 Å². The molecule has 1 amide bonds. The lowest BCUT2D eigenvalue weighted by Gasteiger charge is -2.39. The first kappa shape index (κ1) is 16.3. The normalized spacial score (nSPS) is 16.8. The van der Waals surface area contributed by atoms with E-state index in [1.807, 2.05) is 6.92 Å². The standard InChI is InChI=1S/C17H16ClN3O3/c1-2-20-14-9-11(18)3-4-13(14)16(23)15(17(20)24)21(10-22)12-5-7-19-8-6-12/h3-10,17,23-24H,2H2,1H3. The summed E-state index contributed by atoms with van der Waals surface area (Å²) in [4.78, 5) is 18.5. The van der Waals surface area contributed by atoms with Crippen molar-refractivity contribution in [1.82, 2.24) is 4.98 Å². The number of aliphatic hydroxyl groups excluding tert-OH is 2. The van der Waals surface area contributed by atoms with Crippen molar-refractivity contribution in [2.75, 3.05) is 16.3 Å². The molecular formula is C17H16ClN3O3. The zero-order valence-corrected chi connectivity index (χ0v) is 13.7. The fourth-order valence-electron chi connectivity index (χ4n) is 2.83. The van der Waals surface area contributed by atoms with Crippen LogP contribution < -0.4 is 9.80 Å². The monoisotopic (exact) mass is 345 g/mol. The third-order valence-electron chi connectivity index (χ3n) is 3.95. The second kappa shape index (κ2) is 6.51. The molecule has 2 aromatic rings. The predicted octanol–water partition coefficient (Wildman–Crippen LogP) is 2.78. The Kier molecular flexibility index (Phi) is 4.42. The van der Waals surface area contributed by atoms with Gasteiger partial charge < -0.3 is 15.1 Å². The first-order chi connectivity index (χ1) is 11.6. The number of carbonyl (C=O) groups excluding carboxylic acids is 1. The third kappa shape index (κ3) is 2.60. The quantitative estimate of drug-likeness (QED) is 0.833. The van der Waals surface area contributed by atoms with Crippen LogP contribution in [-0.2, 0) is 4.79 Å². The number of fused-ring (bicyclic) bond motifs is 1. The minimum absolute atomic E-state index is 0.0906. The zero-order valence-electron chi connectivity index (χ0n) is 12.9. The van der Waals surface area contributed by atoms with Crippen molar-refractivity contribution in [3.05, 3.63) is 59.0 Å². The number of nitrogens with zero attached hydrogens (tertiary/aromatic N) is 3. The molecule has 3 rings (SSSR count). The molecule has 1 aliphatic rings. The number of benzene rings is 1. The molecule has 0 fully saturated rings. The number of anilines is 2. The van der Waals surface area contributed by atoms with Crippen LogP contribution in [0.4, 0.5) is 11.4 Å². The summed E-state index contributed by atoms with van der Waals surface area (Å²) in [5.74, 6) is -0.164. The number of rotatable bonds is 4. The van der Waals surface area contributed by atoms with Crippen LogP contribution >= 0.6 is 11.6 Å². The van der Waals surface area contributed by atoms with Gasteiger partial charge in [0.2, 0.25) is 6.41 Å². The molecule has 1 unspecified atom stereocenters. The summed E-state index contributed by atoms with van der Waals surface area (Å²) in [6, 6.07) is 8.23. The number of carbonyl (C=O) groups is 1. The van der Waals surface area contributed by atoms with E-state index in [4.69, 9.17) is 11.6 Å². The van der Waals surface area contributed by atoms with Crippen LogP contribution in [0.15, 0.2) is 48.4 Å². The number of amides is 1. The lowest BCUT2D eigenvalue weighted by Crippen LogP contribution is -2.45. The molecule has 2 N–H and O–H groups in total. The molecule has 0 spiro atoms. The SMILES string of the molecule is CCN1c2cc(Cl)ccc2C(O)=C(N(C=O)c2ccncc2)C1O. The Hall–Kier alpha value is -2.57. The minimum Gasteiger partial charge on any atom is -0.505 e. The number of likely N-dealkylation sites (N-methyl/N-ethyl adjacent to an activating group) is 1. The van der Waals surface area contributed by atoms with Crippen LogP contribution in [0.1, 0.15) is 12.5 Å². The molecule has 1 aromatic heterocycles. The smallest absolute Gasteiger partial charge is 0.218 e. The lowest BCUT2D eigenvalue weighted by molar-refractivity contribution is -0.107. The number of pyridine rings is 1. The summed E-state index contributed by atoms with van der Waals surface area (Å²) in [6.07, 6.45) is 2.42. The number of aliphatic hydroxyl groups is 2. The van der Waals surface area contributed by atoms with Gasteiger partial charge in [0, 0.05) is 29.5 Å². The largest absolute Gasteiger partial charge is 0.505 e. The van der Waals surface area contributed by atoms with E-state index in [0.717, 1.165) is 0 Å². The van der Waals surface area contributed by atoms with Gasteiger partial charge in [-0.05, 0) is 37.3 Å². The van der Waals surface area contributed by atoms with E-state index in [1.54, 1.807) is 35.2 Å². The Morgan fingerprint density at radius 1 is 1.33 bits per heavy atom. The zero-order chi connectivity index (χ0) is 17.3. The first-order valence-corrected chi connectivity index (χ1v) is 7.78. The van der Waals surface area contributed by atoms with Gasteiger partial charge in [-0.3, -0.25) is 14.7 Å². The highest BCUT2D eigenvalue weighted by Gasteiger charge is 2.35. The van der Waals surface area contributed by atoms with Gasteiger partial charge in [0.1, 0.15) is 11.5 Å². The summed E-state index contributed by atoms with van der Waals surface area (Å²) in [6.45, 7) is 2.33. The average molecular weight is 346 g/mol. The Labute approximate surface area is 144 Å². The van der Waals surface area contributed by atoms with Gasteiger partial charge in [-0.1, -0.05) is 11.6 Å². The van der Waals surface area contributed by atoms with Crippen LogP contribution in [0.5, 0.6) is 0 Å². The van der Waals surface area contributed by atoms with E-state index < -0.39 is 6.23 Å². The molecule has 2 heterocycles. The number of aromatic nitrogens is 1. The van der Waals surface area contributed by atoms with Crippen LogP contribution in [0.2, 0.25) is 5.02 Å². The van der Waals surface area contributed by atoms with Gasteiger partial charge in [0.25, 0.3) is 0 Å². The molecule has 24 heavy (non-hydrogen) atoms.